The number of rotatable bonds is 22. The topological polar surface area (TPSA) is 24.9 Å². The molecule has 0 unspecified atom stereocenters. The Hall–Kier alpha value is -6.66. The Balaban J connectivity index is 1.72. The van der Waals surface area contributed by atoms with Gasteiger partial charge < -0.3 is 19.3 Å². The minimum absolute atomic E-state index is 0.102. The molecule has 0 amide bonds. The summed E-state index contributed by atoms with van der Waals surface area (Å²) in [6.07, 6.45) is 15.0. The Bertz CT molecular complexity index is 2480. The quantitative estimate of drug-likeness (QED) is 0.0299. The van der Waals surface area contributed by atoms with Crippen LogP contribution in [0.15, 0.2) is 60.7 Å². The van der Waals surface area contributed by atoms with Gasteiger partial charge in [-0.25, -0.2) is 17.6 Å². The summed E-state index contributed by atoms with van der Waals surface area (Å²) in [5.41, 5.74) is 1.92. The van der Waals surface area contributed by atoms with Gasteiger partial charge in [0.25, 0.3) is 0 Å². The Morgan fingerprint density at radius 1 is 0.400 bits per heavy atom. The second kappa shape index (κ2) is 26.9. The second-order valence-corrected chi connectivity index (χ2v) is 16.6. The third-order valence-corrected chi connectivity index (χ3v) is 11.4. The molecule has 0 aliphatic carbocycles. The Morgan fingerprint density at radius 2 is 0.700 bits per heavy atom. The number of anilines is 2. The molecule has 0 spiro atoms. The zero-order chi connectivity index (χ0) is 50.7. The normalized spacial score (nSPS) is 11.2. The fourth-order valence-electron chi connectivity index (χ4n) is 7.47. The van der Waals surface area contributed by atoms with Crippen LogP contribution in [0.5, 0.6) is 11.5 Å². The minimum atomic E-state index is -1.76. The van der Waals surface area contributed by atoms with Gasteiger partial charge in [-0.15, -0.1) is 0 Å². The summed E-state index contributed by atoms with van der Waals surface area (Å²) in [7, 11) is 0. The van der Waals surface area contributed by atoms with Crippen LogP contribution >= 0.6 is 0 Å². The van der Waals surface area contributed by atoms with Crippen molar-refractivity contribution in [1.82, 2.24) is 0 Å². The lowest BCUT2D eigenvalue weighted by atomic mass is 9.96. The van der Waals surface area contributed by atoms with Crippen molar-refractivity contribution >= 4 is 35.7 Å². The second-order valence-electron chi connectivity index (χ2n) is 16.6. The number of nitrogens with zero attached hydrogens (tertiary/aromatic N) is 2. The first-order valence-electron chi connectivity index (χ1n) is 24.1. The number of unbranched alkanes of at least 4 members (excludes halogenated alkanes) is 4. The van der Waals surface area contributed by atoms with Crippen LogP contribution in [0.3, 0.4) is 0 Å². The fourth-order valence-corrected chi connectivity index (χ4v) is 7.47. The lowest BCUT2D eigenvalue weighted by molar-refractivity contribution is 0.286. The van der Waals surface area contributed by atoms with Crippen LogP contribution < -0.4 is 19.3 Å². The van der Waals surface area contributed by atoms with E-state index in [9.17, 15) is 0 Å². The maximum absolute atomic E-state index is 15.4. The first kappa shape index (κ1) is 54.3. The molecule has 5 rings (SSSR count). The number of benzene rings is 5. The number of hydrogen-bond acceptors (Lipinski definition) is 4. The molecular formula is C58H60F8N2O2. The van der Waals surface area contributed by atoms with Gasteiger partial charge in [0.15, 0.2) is 34.8 Å². The SMILES string of the molecule is CCCCN(CCCC)c1ccc(/C=C/c2cc(C#Cc3c(F)c(F)c(OCC)c(F)c3F)c(/C=C/c3ccc(N(CCCC)CCCC)cc3)cc2C#Cc2c(F)c(F)c(OCC)c(F)c2F)cc1. The van der Waals surface area contributed by atoms with Gasteiger partial charge in [0, 0.05) is 48.7 Å². The summed E-state index contributed by atoms with van der Waals surface area (Å²) < 4.78 is 131. The summed E-state index contributed by atoms with van der Waals surface area (Å²) in [4.78, 5) is 4.66. The van der Waals surface area contributed by atoms with E-state index in [0.717, 1.165) is 100 Å². The lowest BCUT2D eigenvalue weighted by Crippen LogP contribution is -2.25. The van der Waals surface area contributed by atoms with Crippen LogP contribution in [0.25, 0.3) is 24.3 Å². The smallest absolute Gasteiger partial charge is 0.205 e. The summed E-state index contributed by atoms with van der Waals surface area (Å²) in [5, 5.41) is 0. The van der Waals surface area contributed by atoms with Crippen LogP contribution in [0.4, 0.5) is 46.5 Å². The van der Waals surface area contributed by atoms with Crippen LogP contribution in [-0.2, 0) is 0 Å². The third-order valence-electron chi connectivity index (χ3n) is 11.4. The number of halogens is 8. The van der Waals surface area contributed by atoms with Gasteiger partial charge >= 0.3 is 0 Å². The van der Waals surface area contributed by atoms with E-state index in [1.165, 1.54) is 26.0 Å². The van der Waals surface area contributed by atoms with Crippen molar-refractivity contribution in [2.45, 2.75) is 92.9 Å². The Kier molecular flexibility index (Phi) is 20.9. The van der Waals surface area contributed by atoms with Crippen LogP contribution in [0, 0.1) is 70.2 Å². The van der Waals surface area contributed by atoms with Crippen molar-refractivity contribution in [3.8, 4) is 35.2 Å². The molecule has 0 aliphatic heterocycles. The number of ether oxygens (including phenoxy) is 2. The largest absolute Gasteiger partial charge is 0.488 e. The van der Waals surface area contributed by atoms with Crippen LogP contribution in [0.2, 0.25) is 0 Å². The van der Waals surface area contributed by atoms with Gasteiger partial charge in [0.1, 0.15) is 11.1 Å². The van der Waals surface area contributed by atoms with Gasteiger partial charge in [0.2, 0.25) is 23.3 Å². The molecule has 0 fully saturated rings. The highest BCUT2D eigenvalue weighted by Gasteiger charge is 2.27. The Labute approximate surface area is 408 Å². The van der Waals surface area contributed by atoms with Crippen LogP contribution in [0.1, 0.15) is 137 Å². The summed E-state index contributed by atoms with van der Waals surface area (Å²) in [5.74, 6) is -6.56. The van der Waals surface area contributed by atoms with Crippen molar-refractivity contribution in [1.29, 1.82) is 0 Å². The molecule has 370 valence electrons. The molecule has 12 heteroatoms. The molecule has 0 bridgehead atoms. The molecule has 0 radical (unpaired) electrons. The average molecular weight is 969 g/mol. The summed E-state index contributed by atoms with van der Waals surface area (Å²) in [6, 6.07) is 18.6. The fraction of sp³-hybridized carbons (Fsp3) is 0.345. The van der Waals surface area contributed by atoms with E-state index in [0.29, 0.717) is 0 Å². The Morgan fingerprint density at radius 3 is 0.971 bits per heavy atom. The first-order chi connectivity index (χ1) is 33.8. The van der Waals surface area contributed by atoms with Gasteiger partial charge in [-0.2, -0.15) is 17.6 Å². The maximum atomic E-state index is 15.4. The maximum Gasteiger partial charge on any atom is 0.205 e. The van der Waals surface area contributed by atoms with Crippen molar-refractivity contribution in [3.05, 3.63) is 152 Å². The highest BCUT2D eigenvalue weighted by Crippen LogP contribution is 2.32. The predicted molar refractivity (Wildman–Crippen MR) is 268 cm³/mol. The van der Waals surface area contributed by atoms with Crippen molar-refractivity contribution in [2.75, 3.05) is 49.2 Å². The monoisotopic (exact) mass is 968 g/mol. The van der Waals surface area contributed by atoms with E-state index in [1.54, 1.807) is 24.3 Å². The number of hydrogen-bond donors (Lipinski definition) is 0. The van der Waals surface area contributed by atoms with Gasteiger partial charge in [-0.3, -0.25) is 0 Å². The molecule has 0 N–H and O–H groups in total. The minimum Gasteiger partial charge on any atom is -0.488 e. The molecular weight excluding hydrogens is 909 g/mol. The lowest BCUT2D eigenvalue weighted by Gasteiger charge is -2.24. The van der Waals surface area contributed by atoms with Crippen LogP contribution in [-0.4, -0.2) is 39.4 Å². The molecule has 0 heterocycles. The molecule has 0 atom stereocenters. The predicted octanol–water partition coefficient (Wildman–Crippen LogP) is 15.6. The molecule has 5 aromatic carbocycles. The van der Waals surface area contributed by atoms with E-state index in [2.05, 4.69) is 61.2 Å². The summed E-state index contributed by atoms with van der Waals surface area (Å²) in [6.45, 7) is 14.4. The highest BCUT2D eigenvalue weighted by atomic mass is 19.2. The highest BCUT2D eigenvalue weighted by molar-refractivity contribution is 5.80. The van der Waals surface area contributed by atoms with Crippen molar-refractivity contribution in [3.63, 3.8) is 0 Å². The van der Waals surface area contributed by atoms with E-state index >= 15 is 35.1 Å². The molecule has 70 heavy (non-hydrogen) atoms. The standard InChI is InChI=1S/C58H60F8N2O2/c1-7-13-33-67(34-14-8-2)45-27-19-39(20-28-45)17-23-41-37-44(26-32-48-51(61)55(65)58(70-12-6)56(66)52(48)62)42(24-18-40-21-29-46(30-22-40)68(35-15-9-3)36-16-10-4)38-43(41)25-31-47-49(59)53(63)57(69-11-5)54(64)50(47)60/h17-24,27-30,37-38H,7-16,33-36H2,1-6H3/b23-17+,24-18+. The van der Waals surface area contributed by atoms with E-state index < -0.39 is 69.2 Å². The molecule has 5 aromatic rings. The molecule has 0 aromatic heterocycles. The zero-order valence-corrected chi connectivity index (χ0v) is 40.7. The first-order valence-corrected chi connectivity index (χ1v) is 24.1. The van der Waals surface area contributed by atoms with E-state index in [1.807, 2.05) is 48.5 Å². The average Bonchev–Trinajstić information content (AvgIpc) is 3.37. The summed E-state index contributed by atoms with van der Waals surface area (Å²) >= 11 is 0. The van der Waals surface area contributed by atoms with Crippen molar-refractivity contribution in [2.24, 2.45) is 0 Å². The van der Waals surface area contributed by atoms with Crippen molar-refractivity contribution < 1.29 is 44.6 Å². The van der Waals surface area contributed by atoms with E-state index in [-0.39, 0.29) is 35.5 Å². The van der Waals surface area contributed by atoms with E-state index in [4.69, 9.17) is 9.47 Å². The zero-order valence-electron chi connectivity index (χ0n) is 40.7. The molecule has 0 aliphatic rings. The molecule has 0 saturated heterocycles. The molecule has 0 saturated carbocycles. The molecule has 4 nitrogen and oxygen atoms in total. The van der Waals surface area contributed by atoms with Gasteiger partial charge in [-0.1, -0.05) is 126 Å². The van der Waals surface area contributed by atoms with Gasteiger partial charge in [0.05, 0.1) is 13.2 Å². The van der Waals surface area contributed by atoms with Gasteiger partial charge in [-0.05, 0) is 98.2 Å². The third kappa shape index (κ3) is 13.8.